The second-order valence-corrected chi connectivity index (χ2v) is 6.84. The third kappa shape index (κ3) is 3.30. The molecule has 1 aliphatic rings. The lowest BCUT2D eigenvalue weighted by Crippen LogP contribution is -2.31. The molecule has 2 aromatic heterocycles. The average Bonchev–Trinajstić information content (AvgIpc) is 3.24. The summed E-state index contributed by atoms with van der Waals surface area (Å²) in [5.41, 5.74) is 1.95. The molecule has 0 saturated carbocycles. The maximum atomic E-state index is 12.3. The minimum atomic E-state index is -0.337. The van der Waals surface area contributed by atoms with Crippen LogP contribution >= 0.6 is 11.6 Å². The summed E-state index contributed by atoms with van der Waals surface area (Å²) in [6.45, 7) is 2.34. The van der Waals surface area contributed by atoms with Gasteiger partial charge < -0.3 is 15.2 Å². The number of H-pyrrole nitrogens is 2. The van der Waals surface area contributed by atoms with Crippen LogP contribution in [0.4, 0.5) is 5.69 Å². The van der Waals surface area contributed by atoms with E-state index in [0.29, 0.717) is 23.6 Å². The Morgan fingerprint density at radius 2 is 2.12 bits per heavy atom. The highest BCUT2D eigenvalue weighted by Crippen LogP contribution is 2.29. The number of aromatic amines is 2. The predicted molar refractivity (Wildman–Crippen MR) is 101 cm³/mol. The number of nitrogens with zero attached hydrogens (tertiary/aromatic N) is 2. The molecule has 8 heteroatoms. The number of imidazole rings is 1. The van der Waals surface area contributed by atoms with Gasteiger partial charge in [0.2, 0.25) is 0 Å². The van der Waals surface area contributed by atoms with Crippen LogP contribution in [0.2, 0.25) is 5.02 Å². The number of hydrogen-bond acceptors (Lipinski definition) is 4. The lowest BCUT2D eigenvalue weighted by molar-refractivity contribution is 0.0943. The van der Waals surface area contributed by atoms with Gasteiger partial charge in [-0.2, -0.15) is 0 Å². The number of anilines is 1. The summed E-state index contributed by atoms with van der Waals surface area (Å²) in [7, 11) is 0. The molecule has 26 heavy (non-hydrogen) atoms. The molecular formula is C18H18ClN5O2. The summed E-state index contributed by atoms with van der Waals surface area (Å²) >= 11 is 6.26. The van der Waals surface area contributed by atoms with Crippen LogP contribution in [-0.2, 0) is 0 Å². The van der Waals surface area contributed by atoms with E-state index in [1.54, 1.807) is 12.1 Å². The molecule has 1 atom stereocenters. The number of halogens is 1. The highest BCUT2D eigenvalue weighted by atomic mass is 35.5. The third-order valence-electron chi connectivity index (χ3n) is 4.64. The van der Waals surface area contributed by atoms with Gasteiger partial charge >= 0.3 is 5.69 Å². The van der Waals surface area contributed by atoms with Gasteiger partial charge in [0.1, 0.15) is 5.69 Å². The fourth-order valence-electron chi connectivity index (χ4n) is 3.30. The zero-order chi connectivity index (χ0) is 18.1. The molecule has 1 saturated heterocycles. The first-order valence-corrected chi connectivity index (χ1v) is 8.84. The van der Waals surface area contributed by atoms with E-state index in [2.05, 4.69) is 25.2 Å². The Morgan fingerprint density at radius 1 is 1.27 bits per heavy atom. The summed E-state index contributed by atoms with van der Waals surface area (Å²) < 4.78 is 0. The number of carbonyl (C=O) groups excluding carboxylic acids is 1. The van der Waals surface area contributed by atoms with Crippen molar-refractivity contribution in [3.8, 4) is 0 Å². The molecule has 1 aliphatic heterocycles. The van der Waals surface area contributed by atoms with Gasteiger partial charge in [0.15, 0.2) is 5.65 Å². The van der Waals surface area contributed by atoms with Crippen molar-refractivity contribution in [3.63, 3.8) is 0 Å². The van der Waals surface area contributed by atoms with Gasteiger partial charge in [-0.1, -0.05) is 23.7 Å². The highest BCUT2D eigenvalue weighted by Gasteiger charge is 2.24. The molecule has 1 aromatic carbocycles. The molecule has 0 radical (unpaired) electrons. The average molecular weight is 372 g/mol. The van der Waals surface area contributed by atoms with E-state index in [-0.39, 0.29) is 17.3 Å². The van der Waals surface area contributed by atoms with Crippen LogP contribution in [0.1, 0.15) is 16.9 Å². The van der Waals surface area contributed by atoms with Crippen molar-refractivity contribution in [2.24, 2.45) is 5.92 Å². The molecule has 3 aromatic rings. The number of benzene rings is 1. The van der Waals surface area contributed by atoms with Gasteiger partial charge in [0.05, 0.1) is 16.2 Å². The Bertz CT molecular complexity index is 1010. The first-order chi connectivity index (χ1) is 12.6. The van der Waals surface area contributed by atoms with E-state index in [0.717, 1.165) is 30.2 Å². The first kappa shape index (κ1) is 16.7. The van der Waals surface area contributed by atoms with E-state index < -0.39 is 0 Å². The monoisotopic (exact) mass is 371 g/mol. The number of nitrogens with one attached hydrogen (secondary N) is 3. The highest BCUT2D eigenvalue weighted by molar-refractivity contribution is 6.33. The largest absolute Gasteiger partial charge is 0.370 e. The summed E-state index contributed by atoms with van der Waals surface area (Å²) in [5, 5.41) is 3.68. The van der Waals surface area contributed by atoms with Crippen LogP contribution < -0.4 is 15.9 Å². The molecule has 4 rings (SSSR count). The van der Waals surface area contributed by atoms with Crippen molar-refractivity contribution < 1.29 is 4.79 Å². The van der Waals surface area contributed by atoms with Gasteiger partial charge in [0.25, 0.3) is 5.91 Å². The van der Waals surface area contributed by atoms with Crippen LogP contribution in [0.15, 0.2) is 41.2 Å². The van der Waals surface area contributed by atoms with Crippen molar-refractivity contribution in [1.29, 1.82) is 0 Å². The number of aromatic nitrogens is 3. The van der Waals surface area contributed by atoms with Crippen molar-refractivity contribution in [2.45, 2.75) is 6.42 Å². The van der Waals surface area contributed by atoms with E-state index in [1.807, 2.05) is 24.3 Å². The van der Waals surface area contributed by atoms with Crippen molar-refractivity contribution in [1.82, 2.24) is 20.3 Å². The lowest BCUT2D eigenvalue weighted by atomic mass is 10.1. The zero-order valence-corrected chi connectivity index (χ0v) is 14.7. The number of fused-ring (bicyclic) bond motifs is 1. The minimum absolute atomic E-state index is 0.245. The second-order valence-electron chi connectivity index (χ2n) is 6.43. The van der Waals surface area contributed by atoms with E-state index in [9.17, 15) is 9.59 Å². The number of hydrogen-bond donors (Lipinski definition) is 3. The number of pyridine rings is 1. The Balaban J connectivity index is 1.37. The molecule has 0 aliphatic carbocycles. The van der Waals surface area contributed by atoms with Gasteiger partial charge in [-0.05, 0) is 36.6 Å². The number of carbonyl (C=O) groups is 1. The fourth-order valence-corrected chi connectivity index (χ4v) is 3.55. The Kier molecular flexibility index (Phi) is 4.38. The van der Waals surface area contributed by atoms with Crippen molar-refractivity contribution >= 4 is 34.4 Å². The van der Waals surface area contributed by atoms with Gasteiger partial charge in [-0.25, -0.2) is 9.78 Å². The molecular weight excluding hydrogens is 354 g/mol. The standard InChI is InChI=1S/C18H18ClN5O2/c19-12-3-1-2-4-15(12)24-8-7-11(10-24)9-20-17(25)14-6-5-13-16(21-14)23-18(26)22-13/h1-6,11H,7-10H2,(H,20,25)(H2,21,22,23,26). The molecule has 3 heterocycles. The van der Waals surface area contributed by atoms with Crippen LogP contribution in [-0.4, -0.2) is 40.5 Å². The van der Waals surface area contributed by atoms with Crippen LogP contribution in [0.25, 0.3) is 11.2 Å². The smallest absolute Gasteiger partial charge is 0.325 e. The van der Waals surface area contributed by atoms with Gasteiger partial charge in [-0.15, -0.1) is 0 Å². The number of para-hydroxylation sites is 1. The van der Waals surface area contributed by atoms with E-state index in [1.165, 1.54) is 0 Å². The molecule has 3 N–H and O–H groups in total. The topological polar surface area (TPSA) is 93.9 Å². The molecule has 1 amide bonds. The molecule has 0 spiro atoms. The van der Waals surface area contributed by atoms with E-state index in [4.69, 9.17) is 11.6 Å². The Morgan fingerprint density at radius 3 is 2.96 bits per heavy atom. The maximum absolute atomic E-state index is 12.3. The van der Waals surface area contributed by atoms with Crippen LogP contribution in [0, 0.1) is 5.92 Å². The van der Waals surface area contributed by atoms with Crippen molar-refractivity contribution in [2.75, 3.05) is 24.5 Å². The summed E-state index contributed by atoms with van der Waals surface area (Å²) in [4.78, 5) is 35.2. The predicted octanol–water partition coefficient (Wildman–Crippen LogP) is 2.16. The SMILES string of the molecule is O=C(NCC1CCN(c2ccccc2Cl)C1)c1ccc2[nH]c(=O)[nH]c2n1. The summed E-state index contributed by atoms with van der Waals surface area (Å²) in [6.07, 6.45) is 0.989. The summed E-state index contributed by atoms with van der Waals surface area (Å²) in [5.74, 6) is 0.108. The quantitative estimate of drug-likeness (QED) is 0.655. The molecule has 0 bridgehead atoms. The molecule has 1 unspecified atom stereocenters. The minimum Gasteiger partial charge on any atom is -0.370 e. The summed E-state index contributed by atoms with van der Waals surface area (Å²) in [6, 6.07) is 11.1. The first-order valence-electron chi connectivity index (χ1n) is 8.47. The normalized spacial score (nSPS) is 17.0. The molecule has 134 valence electrons. The second kappa shape index (κ2) is 6.84. The number of rotatable bonds is 4. The van der Waals surface area contributed by atoms with Gasteiger partial charge in [0, 0.05) is 19.6 Å². The lowest BCUT2D eigenvalue weighted by Gasteiger charge is -2.20. The molecule has 7 nitrogen and oxygen atoms in total. The van der Waals surface area contributed by atoms with E-state index >= 15 is 0 Å². The Hall–Kier alpha value is -2.80. The zero-order valence-electron chi connectivity index (χ0n) is 14.0. The van der Waals surface area contributed by atoms with Crippen LogP contribution in [0.3, 0.4) is 0 Å². The van der Waals surface area contributed by atoms with Crippen LogP contribution in [0.5, 0.6) is 0 Å². The fraction of sp³-hybridized carbons (Fsp3) is 0.278. The van der Waals surface area contributed by atoms with Crippen molar-refractivity contribution in [3.05, 3.63) is 57.6 Å². The Labute approximate surface area is 154 Å². The molecule has 1 fully saturated rings. The third-order valence-corrected chi connectivity index (χ3v) is 4.96. The number of amides is 1. The maximum Gasteiger partial charge on any atom is 0.325 e. The van der Waals surface area contributed by atoms with Gasteiger partial charge in [-0.3, -0.25) is 9.78 Å².